The van der Waals surface area contributed by atoms with E-state index in [0.717, 1.165) is 22.1 Å². The van der Waals surface area contributed by atoms with Crippen LogP contribution in [0.4, 0.5) is 15.8 Å². The van der Waals surface area contributed by atoms with Gasteiger partial charge in [0, 0.05) is 5.69 Å². The van der Waals surface area contributed by atoms with E-state index in [9.17, 15) is 18.8 Å². The molecule has 1 N–H and O–H groups in total. The lowest BCUT2D eigenvalue weighted by atomic mass is 10.1. The molecule has 10 heteroatoms. The van der Waals surface area contributed by atoms with E-state index in [1.807, 2.05) is 19.9 Å². The van der Waals surface area contributed by atoms with Crippen molar-refractivity contribution >= 4 is 40.7 Å². The first-order chi connectivity index (χ1) is 14.2. The minimum atomic E-state index is -0.994. The van der Waals surface area contributed by atoms with E-state index in [2.05, 4.69) is 15.7 Å². The zero-order valence-electron chi connectivity index (χ0n) is 16.1. The summed E-state index contributed by atoms with van der Waals surface area (Å²) >= 11 is 5.71. The molecule has 2 aromatic carbocycles. The van der Waals surface area contributed by atoms with Gasteiger partial charge in [-0.15, -0.1) is 0 Å². The zero-order valence-corrected chi connectivity index (χ0v) is 16.9. The highest BCUT2D eigenvalue weighted by Crippen LogP contribution is 2.32. The van der Waals surface area contributed by atoms with Crippen molar-refractivity contribution in [1.29, 1.82) is 0 Å². The van der Waals surface area contributed by atoms with Crippen molar-refractivity contribution in [2.24, 2.45) is 10.3 Å². The number of carbonyl (C=O) groups excluding carboxylic acids is 3. The number of halogens is 2. The van der Waals surface area contributed by atoms with E-state index in [0.29, 0.717) is 11.4 Å². The van der Waals surface area contributed by atoms with E-state index in [4.69, 9.17) is 11.6 Å². The molecule has 2 aromatic rings. The Labute approximate surface area is 176 Å². The van der Waals surface area contributed by atoms with Crippen molar-refractivity contribution in [2.45, 2.75) is 25.9 Å². The number of fused-ring (bicyclic) bond motifs is 1. The van der Waals surface area contributed by atoms with Crippen LogP contribution in [0.25, 0.3) is 0 Å². The summed E-state index contributed by atoms with van der Waals surface area (Å²) in [6.07, 6.45) is 0. The molecule has 2 unspecified atom stereocenters. The minimum absolute atomic E-state index is 0.130. The van der Waals surface area contributed by atoms with Crippen LogP contribution < -0.4 is 10.2 Å². The maximum Gasteiger partial charge on any atom is 0.263 e. The van der Waals surface area contributed by atoms with Crippen LogP contribution in [0.2, 0.25) is 5.02 Å². The molecule has 2 aliphatic heterocycles. The lowest BCUT2D eigenvalue weighted by molar-refractivity contribution is -0.123. The highest BCUT2D eigenvalue weighted by atomic mass is 35.5. The predicted molar refractivity (Wildman–Crippen MR) is 108 cm³/mol. The Hall–Kier alpha value is -3.33. The van der Waals surface area contributed by atoms with E-state index >= 15 is 0 Å². The van der Waals surface area contributed by atoms with Gasteiger partial charge in [0.1, 0.15) is 12.4 Å². The number of benzene rings is 2. The average molecular weight is 430 g/mol. The second-order valence-corrected chi connectivity index (χ2v) is 7.63. The Morgan fingerprint density at radius 2 is 1.83 bits per heavy atom. The number of nitrogens with one attached hydrogen (secondary N) is 1. The van der Waals surface area contributed by atoms with Crippen LogP contribution in [-0.4, -0.2) is 41.4 Å². The van der Waals surface area contributed by atoms with E-state index in [1.165, 1.54) is 17.1 Å². The van der Waals surface area contributed by atoms with Crippen molar-refractivity contribution in [3.05, 3.63) is 58.4 Å². The molecule has 0 spiro atoms. The van der Waals surface area contributed by atoms with Crippen LogP contribution in [0.15, 0.2) is 46.7 Å². The SMILES string of the molecule is Cc1cc(C)cc(N2C(=O)C3N=NN(CC(=O)Nc4ccc(F)c(Cl)c4)C3C2=O)c1. The molecule has 0 aromatic heterocycles. The largest absolute Gasteiger partial charge is 0.324 e. The van der Waals surface area contributed by atoms with E-state index < -0.39 is 35.6 Å². The van der Waals surface area contributed by atoms with Crippen LogP contribution in [0, 0.1) is 19.7 Å². The Kier molecular flexibility index (Phi) is 4.98. The lowest BCUT2D eigenvalue weighted by Gasteiger charge is -2.20. The quantitative estimate of drug-likeness (QED) is 0.756. The fraction of sp³-hybridized carbons (Fsp3) is 0.250. The first-order valence-corrected chi connectivity index (χ1v) is 9.51. The van der Waals surface area contributed by atoms with Gasteiger partial charge in [0.2, 0.25) is 5.91 Å². The highest BCUT2D eigenvalue weighted by molar-refractivity contribution is 6.31. The molecule has 2 heterocycles. The van der Waals surface area contributed by atoms with E-state index in [1.54, 1.807) is 12.1 Å². The summed E-state index contributed by atoms with van der Waals surface area (Å²) < 4.78 is 13.3. The molecule has 30 heavy (non-hydrogen) atoms. The number of imide groups is 1. The van der Waals surface area contributed by atoms with Gasteiger partial charge in [-0.25, -0.2) is 9.29 Å². The standard InChI is InChI=1S/C20H17ClFN5O3/c1-10-5-11(2)7-13(6-10)27-19(29)17-18(20(27)30)26(25-24-17)9-16(28)23-12-3-4-15(22)14(21)8-12/h3-8,17-18H,9H2,1-2H3,(H,23,28). The van der Waals surface area contributed by atoms with Crippen molar-refractivity contribution < 1.29 is 18.8 Å². The number of aryl methyl sites for hydroxylation is 2. The Morgan fingerprint density at radius 3 is 2.50 bits per heavy atom. The number of anilines is 2. The third-order valence-electron chi connectivity index (χ3n) is 4.83. The predicted octanol–water partition coefficient (Wildman–Crippen LogP) is 3.03. The van der Waals surface area contributed by atoms with Gasteiger partial charge in [-0.05, 0) is 55.3 Å². The minimum Gasteiger partial charge on any atom is -0.324 e. The number of nitrogens with zero attached hydrogens (tertiary/aromatic N) is 4. The van der Waals surface area contributed by atoms with Gasteiger partial charge in [-0.3, -0.25) is 19.4 Å². The summed E-state index contributed by atoms with van der Waals surface area (Å²) in [5, 5.41) is 11.4. The van der Waals surface area contributed by atoms with Crippen LogP contribution in [0.3, 0.4) is 0 Å². The van der Waals surface area contributed by atoms with Gasteiger partial charge in [0.15, 0.2) is 12.1 Å². The highest BCUT2D eigenvalue weighted by Gasteiger charge is 2.55. The van der Waals surface area contributed by atoms with Crippen molar-refractivity contribution in [3.63, 3.8) is 0 Å². The summed E-state index contributed by atoms with van der Waals surface area (Å²) in [4.78, 5) is 39.3. The number of hydrogen-bond acceptors (Lipinski definition) is 6. The second-order valence-electron chi connectivity index (χ2n) is 7.23. The first-order valence-electron chi connectivity index (χ1n) is 9.13. The van der Waals surface area contributed by atoms with Gasteiger partial charge in [0.05, 0.1) is 10.7 Å². The fourth-order valence-electron chi connectivity index (χ4n) is 3.61. The number of rotatable bonds is 4. The zero-order chi connectivity index (χ0) is 21.6. The number of carbonyl (C=O) groups is 3. The van der Waals surface area contributed by atoms with Crippen LogP contribution in [0.5, 0.6) is 0 Å². The maximum absolute atomic E-state index is 13.3. The molecule has 1 saturated heterocycles. The Morgan fingerprint density at radius 1 is 1.13 bits per heavy atom. The number of amides is 3. The molecule has 8 nitrogen and oxygen atoms in total. The van der Waals surface area contributed by atoms with Crippen molar-refractivity contribution in [3.8, 4) is 0 Å². The van der Waals surface area contributed by atoms with Crippen LogP contribution in [-0.2, 0) is 14.4 Å². The third kappa shape index (κ3) is 3.52. The van der Waals surface area contributed by atoms with Gasteiger partial charge >= 0.3 is 0 Å². The lowest BCUT2D eigenvalue weighted by Crippen LogP contribution is -2.43. The Bertz CT molecular complexity index is 1090. The second kappa shape index (κ2) is 7.49. The van der Waals surface area contributed by atoms with Crippen molar-refractivity contribution in [2.75, 3.05) is 16.8 Å². The molecule has 1 fully saturated rings. The summed E-state index contributed by atoms with van der Waals surface area (Å²) in [6.45, 7) is 3.44. The molecule has 4 rings (SSSR count). The fourth-order valence-corrected chi connectivity index (χ4v) is 3.79. The smallest absolute Gasteiger partial charge is 0.263 e. The molecule has 154 valence electrons. The van der Waals surface area contributed by atoms with Crippen LogP contribution >= 0.6 is 11.6 Å². The summed E-state index contributed by atoms with van der Waals surface area (Å²) in [5.41, 5.74) is 2.60. The van der Waals surface area contributed by atoms with Gasteiger partial charge in [-0.1, -0.05) is 22.9 Å². The topological polar surface area (TPSA) is 94.4 Å². The first kappa shape index (κ1) is 20.0. The molecule has 0 aliphatic carbocycles. The molecule has 0 saturated carbocycles. The molecular formula is C20H17ClFN5O3. The molecule has 0 bridgehead atoms. The molecular weight excluding hydrogens is 413 g/mol. The van der Waals surface area contributed by atoms with Crippen LogP contribution in [0.1, 0.15) is 11.1 Å². The molecule has 3 amide bonds. The maximum atomic E-state index is 13.3. The average Bonchev–Trinajstić information content (AvgIpc) is 3.17. The normalized spacial score (nSPS) is 20.1. The molecule has 0 radical (unpaired) electrons. The van der Waals surface area contributed by atoms with Gasteiger partial charge in [0.25, 0.3) is 11.8 Å². The summed E-state index contributed by atoms with van der Waals surface area (Å²) in [7, 11) is 0. The number of hydrogen-bond donors (Lipinski definition) is 1. The van der Waals surface area contributed by atoms with Gasteiger partial charge < -0.3 is 5.32 Å². The third-order valence-corrected chi connectivity index (χ3v) is 5.12. The molecule has 2 atom stereocenters. The Balaban J connectivity index is 1.50. The van der Waals surface area contributed by atoms with E-state index in [-0.39, 0.29) is 11.6 Å². The summed E-state index contributed by atoms with van der Waals surface area (Å²) in [6, 6.07) is 7.21. The van der Waals surface area contributed by atoms with Gasteiger partial charge in [-0.2, -0.15) is 5.11 Å². The summed E-state index contributed by atoms with van der Waals surface area (Å²) in [5.74, 6) is -2.08. The van der Waals surface area contributed by atoms with Crippen molar-refractivity contribution in [1.82, 2.24) is 5.01 Å². The monoisotopic (exact) mass is 429 g/mol. The molecule has 2 aliphatic rings.